The van der Waals surface area contributed by atoms with E-state index in [1.807, 2.05) is 0 Å². The van der Waals surface area contributed by atoms with Gasteiger partial charge in [-0.15, -0.1) is 0 Å². The summed E-state index contributed by atoms with van der Waals surface area (Å²) in [4.78, 5) is 40.5. The number of hydrogen-bond donors (Lipinski definition) is 3. The SMILES string of the molecule is CCN1C[C@]2(COC(=O)c3ccccc3NC(=O)CCC(=O)OC)CC[C@H](OC)[C@]34C1[C@@](O)([C@@H](OC)[C@H]23)[C@@]1(O)C[C@H](OC)[C@H]2C[C@@H]4C1[C@H]2OC. The summed E-state index contributed by atoms with van der Waals surface area (Å²) in [6.45, 7) is 3.25. The molecule has 7 rings (SSSR count). The molecule has 13 nitrogen and oxygen atoms in total. The second kappa shape index (κ2) is 12.8. The van der Waals surface area contributed by atoms with Gasteiger partial charge in [0.1, 0.15) is 11.2 Å². The molecule has 1 aliphatic heterocycles. The molecule has 1 saturated heterocycles. The molecule has 276 valence electrons. The Morgan fingerprint density at radius 3 is 2.42 bits per heavy atom. The number of esters is 2. The molecule has 1 amide bonds. The summed E-state index contributed by atoms with van der Waals surface area (Å²) in [5.74, 6) is -2.23. The first-order chi connectivity index (χ1) is 24.0. The summed E-state index contributed by atoms with van der Waals surface area (Å²) >= 11 is 0. The third kappa shape index (κ3) is 4.53. The molecular weight excluding hydrogens is 648 g/mol. The molecule has 1 aromatic carbocycles. The lowest BCUT2D eigenvalue weighted by molar-refractivity contribution is -0.320. The molecule has 6 fully saturated rings. The second-order valence-electron chi connectivity index (χ2n) is 15.4. The number of para-hydroxylation sites is 1. The number of nitrogens with one attached hydrogen (secondary N) is 1. The summed E-state index contributed by atoms with van der Waals surface area (Å²) in [5.41, 5.74) is -4.06. The number of fused-ring (bicyclic) bond motifs is 2. The fourth-order valence-electron chi connectivity index (χ4n) is 12.6. The number of nitrogens with zero attached hydrogens (tertiary/aromatic N) is 1. The third-order valence-electron chi connectivity index (χ3n) is 14.0. The lowest BCUT2D eigenvalue weighted by Crippen LogP contribution is -2.82. The highest BCUT2D eigenvalue weighted by molar-refractivity contribution is 6.01. The Morgan fingerprint density at radius 1 is 1.00 bits per heavy atom. The number of likely N-dealkylation sites (N-methyl/N-ethyl adjacent to an activating group) is 1. The van der Waals surface area contributed by atoms with E-state index in [-0.39, 0.29) is 79.1 Å². The van der Waals surface area contributed by atoms with Crippen molar-refractivity contribution < 1.29 is 53.0 Å². The Morgan fingerprint density at radius 2 is 1.76 bits per heavy atom. The quantitative estimate of drug-likeness (QED) is 0.273. The Hall–Kier alpha value is -2.65. The van der Waals surface area contributed by atoms with E-state index in [1.54, 1.807) is 52.7 Å². The highest BCUT2D eigenvalue weighted by Crippen LogP contribution is 2.80. The van der Waals surface area contributed by atoms with Crippen molar-refractivity contribution in [2.24, 2.45) is 34.5 Å². The summed E-state index contributed by atoms with van der Waals surface area (Å²) < 4.78 is 35.9. The van der Waals surface area contributed by atoms with Gasteiger partial charge < -0.3 is 44.0 Å². The van der Waals surface area contributed by atoms with E-state index in [1.165, 1.54) is 7.11 Å². The maximum absolute atomic E-state index is 13.9. The molecule has 5 aliphatic carbocycles. The molecule has 2 unspecified atom stereocenters. The largest absolute Gasteiger partial charge is 0.469 e. The van der Waals surface area contributed by atoms with Crippen LogP contribution in [-0.4, -0.2) is 130 Å². The van der Waals surface area contributed by atoms with Crippen LogP contribution in [0, 0.1) is 34.5 Å². The van der Waals surface area contributed by atoms with E-state index < -0.39 is 52.0 Å². The molecule has 13 atom stereocenters. The molecule has 6 aliphatic rings. The van der Waals surface area contributed by atoms with Gasteiger partial charge in [0.15, 0.2) is 0 Å². The van der Waals surface area contributed by atoms with Crippen LogP contribution in [0.2, 0.25) is 0 Å². The average molecular weight is 701 g/mol. The van der Waals surface area contributed by atoms with Crippen molar-refractivity contribution in [1.29, 1.82) is 0 Å². The lowest BCUT2D eigenvalue weighted by Gasteiger charge is -2.70. The number of carbonyl (C=O) groups is 3. The van der Waals surface area contributed by atoms with Gasteiger partial charge in [-0.25, -0.2) is 4.79 Å². The monoisotopic (exact) mass is 700 g/mol. The van der Waals surface area contributed by atoms with Gasteiger partial charge in [0.2, 0.25) is 5.91 Å². The van der Waals surface area contributed by atoms with Crippen molar-refractivity contribution in [3.05, 3.63) is 29.8 Å². The first kappa shape index (κ1) is 35.7. The number of methoxy groups -OCH3 is 5. The number of carbonyl (C=O) groups excluding carboxylic acids is 3. The third-order valence-corrected chi connectivity index (χ3v) is 14.0. The maximum Gasteiger partial charge on any atom is 0.340 e. The Bertz CT molecular complexity index is 1510. The predicted octanol–water partition coefficient (Wildman–Crippen LogP) is 2.03. The van der Waals surface area contributed by atoms with Crippen LogP contribution in [0.25, 0.3) is 0 Å². The minimum Gasteiger partial charge on any atom is -0.469 e. The van der Waals surface area contributed by atoms with Gasteiger partial charge in [0.25, 0.3) is 0 Å². The molecule has 7 bridgehead atoms. The molecule has 3 N–H and O–H groups in total. The number of piperidine rings is 1. The van der Waals surface area contributed by atoms with Crippen LogP contribution in [0.4, 0.5) is 5.69 Å². The fraction of sp³-hybridized carbons (Fsp3) is 0.757. The van der Waals surface area contributed by atoms with E-state index in [0.717, 1.165) is 6.42 Å². The lowest BCUT2D eigenvalue weighted by atomic mass is 9.42. The van der Waals surface area contributed by atoms with Crippen LogP contribution in [0.15, 0.2) is 24.3 Å². The molecule has 0 radical (unpaired) electrons. The molecule has 1 spiro atoms. The number of rotatable bonds is 12. The minimum absolute atomic E-state index is 0.0420. The molecule has 0 aromatic heterocycles. The van der Waals surface area contributed by atoms with Crippen LogP contribution in [-0.2, 0) is 38.0 Å². The number of hydrogen-bond acceptors (Lipinski definition) is 12. The van der Waals surface area contributed by atoms with Gasteiger partial charge in [0.05, 0.1) is 61.8 Å². The number of anilines is 1. The topological polar surface area (TPSA) is 162 Å². The Kier molecular flexibility index (Phi) is 9.14. The summed E-state index contributed by atoms with van der Waals surface area (Å²) in [6.07, 6.45) is 0.548. The number of amides is 1. The van der Waals surface area contributed by atoms with E-state index in [0.29, 0.717) is 25.9 Å². The zero-order chi connectivity index (χ0) is 35.8. The van der Waals surface area contributed by atoms with E-state index >= 15 is 0 Å². The number of likely N-dealkylation sites (tertiary alicyclic amines) is 1. The van der Waals surface area contributed by atoms with Crippen LogP contribution < -0.4 is 5.32 Å². The van der Waals surface area contributed by atoms with Crippen LogP contribution in [0.3, 0.4) is 0 Å². The molecule has 1 aromatic rings. The van der Waals surface area contributed by atoms with Gasteiger partial charge in [-0.2, -0.15) is 0 Å². The average Bonchev–Trinajstić information content (AvgIpc) is 3.54. The molecule has 50 heavy (non-hydrogen) atoms. The van der Waals surface area contributed by atoms with Crippen molar-refractivity contribution in [2.75, 3.05) is 60.6 Å². The van der Waals surface area contributed by atoms with Crippen molar-refractivity contribution >= 4 is 23.5 Å². The van der Waals surface area contributed by atoms with Crippen LogP contribution in [0.5, 0.6) is 0 Å². The molecule has 13 heteroatoms. The van der Waals surface area contributed by atoms with E-state index in [9.17, 15) is 24.6 Å². The first-order valence-corrected chi connectivity index (χ1v) is 17.9. The van der Waals surface area contributed by atoms with Crippen molar-refractivity contribution in [2.45, 2.75) is 87.1 Å². The zero-order valence-electron chi connectivity index (χ0n) is 29.9. The zero-order valence-corrected chi connectivity index (χ0v) is 29.9. The number of benzene rings is 1. The van der Waals surface area contributed by atoms with E-state index in [4.69, 9.17) is 23.7 Å². The van der Waals surface area contributed by atoms with Crippen LogP contribution >= 0.6 is 0 Å². The fourth-order valence-corrected chi connectivity index (χ4v) is 12.6. The molecular formula is C37H52N2O11. The maximum atomic E-state index is 13.9. The number of ether oxygens (including phenoxy) is 6. The van der Waals surface area contributed by atoms with Gasteiger partial charge in [-0.3, -0.25) is 14.5 Å². The van der Waals surface area contributed by atoms with Gasteiger partial charge >= 0.3 is 11.9 Å². The summed E-state index contributed by atoms with van der Waals surface area (Å²) in [7, 11) is 7.95. The van der Waals surface area contributed by atoms with E-state index in [2.05, 4.69) is 21.9 Å². The number of aliphatic hydroxyl groups is 2. The van der Waals surface area contributed by atoms with Crippen molar-refractivity contribution in [1.82, 2.24) is 4.90 Å². The highest BCUT2D eigenvalue weighted by atomic mass is 16.5. The second-order valence-corrected chi connectivity index (χ2v) is 15.4. The molecule has 1 heterocycles. The van der Waals surface area contributed by atoms with Crippen molar-refractivity contribution in [3.63, 3.8) is 0 Å². The summed E-state index contributed by atoms with van der Waals surface area (Å²) in [6, 6.07) is 6.17. The van der Waals surface area contributed by atoms with Gasteiger partial charge in [0, 0.05) is 76.4 Å². The van der Waals surface area contributed by atoms with Gasteiger partial charge in [-0.05, 0) is 43.9 Å². The molecule has 5 saturated carbocycles. The standard InChI is InChI=1S/C37H52N2O11/c1-7-39-18-34(19-50-32(42)20-10-8-9-11-23(20)38-26(40)12-13-27(41)47-4)15-14-25(46-3)36-22-16-21-24(45-2)17-35(43,28(22)29(21)48-5)37(44,33(36)39)31(49-6)30(34)36/h8-11,21-22,24-25,28-31,33,43-44H,7,12-19H2,1-6H3,(H,38,40)/t21-,22-,24+,25+,28?,29+,30-,31+,33?,34+,35-,36+,37+/m1/s1. The van der Waals surface area contributed by atoms with Crippen LogP contribution in [0.1, 0.15) is 55.8 Å². The van der Waals surface area contributed by atoms with Crippen molar-refractivity contribution in [3.8, 4) is 0 Å². The first-order valence-electron chi connectivity index (χ1n) is 17.9. The summed E-state index contributed by atoms with van der Waals surface area (Å²) in [5, 5.41) is 29.3. The Labute approximate surface area is 293 Å². The normalized spacial score (nSPS) is 43.7. The van der Waals surface area contributed by atoms with Gasteiger partial charge in [-0.1, -0.05) is 19.1 Å². The minimum atomic E-state index is -1.69. The highest BCUT2D eigenvalue weighted by Gasteiger charge is 2.91. The Balaban J connectivity index is 1.27. The predicted molar refractivity (Wildman–Crippen MR) is 178 cm³/mol. The smallest absolute Gasteiger partial charge is 0.340 e.